The van der Waals surface area contributed by atoms with Crippen LogP contribution in [-0.2, 0) is 19.1 Å². The van der Waals surface area contributed by atoms with E-state index in [9.17, 15) is 13.2 Å². The van der Waals surface area contributed by atoms with E-state index in [0.717, 1.165) is 43.1 Å². The molecule has 0 atom stereocenters. The fourth-order valence-electron chi connectivity index (χ4n) is 2.53. The smallest absolute Gasteiger partial charge is 0.338 e. The molecule has 0 spiro atoms. The molecule has 1 N–H and O–H groups in total. The van der Waals surface area contributed by atoms with Crippen LogP contribution in [0.15, 0.2) is 35.7 Å². The number of rotatable bonds is 4. The molecule has 0 amide bonds. The fraction of sp³-hybridized carbons (Fsp3) is 0.400. The quantitative estimate of drug-likeness (QED) is 0.679. The van der Waals surface area contributed by atoms with Gasteiger partial charge in [-0.25, -0.2) is 4.79 Å². The molecule has 6 heteroatoms. The van der Waals surface area contributed by atoms with Crippen LogP contribution >= 0.6 is 0 Å². The summed E-state index contributed by atoms with van der Waals surface area (Å²) in [5.74, 6) is -0.815. The van der Waals surface area contributed by atoms with Crippen molar-refractivity contribution < 1.29 is 17.4 Å². The van der Waals surface area contributed by atoms with Crippen LogP contribution in [0.3, 0.4) is 0 Å². The van der Waals surface area contributed by atoms with Crippen LogP contribution in [0.4, 0.5) is 0 Å². The molecule has 1 aliphatic rings. The largest absolute Gasteiger partial charge is 0.346 e. The molecule has 1 aromatic carbocycles. The van der Waals surface area contributed by atoms with Gasteiger partial charge in [-0.15, -0.1) is 0 Å². The van der Waals surface area contributed by atoms with Crippen LogP contribution in [0.2, 0.25) is 0 Å². The molecule has 0 aliphatic carbocycles. The highest BCUT2D eigenvalue weighted by atomic mass is 32.2. The summed E-state index contributed by atoms with van der Waals surface area (Å²) in [5.41, 5.74) is 1.71. The van der Waals surface area contributed by atoms with Crippen LogP contribution in [0.5, 0.6) is 0 Å². The van der Waals surface area contributed by atoms with E-state index >= 15 is 0 Å². The fourth-order valence-corrected chi connectivity index (χ4v) is 3.66. The molecule has 1 fully saturated rings. The maximum atomic E-state index is 12.3. The van der Waals surface area contributed by atoms with Crippen molar-refractivity contribution in [2.75, 3.05) is 13.1 Å². The van der Waals surface area contributed by atoms with Gasteiger partial charge in [-0.1, -0.05) is 24.3 Å². The van der Waals surface area contributed by atoms with Crippen molar-refractivity contribution >= 4 is 16.1 Å². The van der Waals surface area contributed by atoms with Gasteiger partial charge in [0.25, 0.3) is 0 Å². The average molecular weight is 309 g/mol. The van der Waals surface area contributed by atoms with Crippen molar-refractivity contribution in [3.8, 4) is 0 Å². The van der Waals surface area contributed by atoms with Gasteiger partial charge in [0.15, 0.2) is 0 Å². The Bertz CT molecular complexity index is 646. The first-order valence-corrected chi connectivity index (χ1v) is 8.27. The number of carbonyl (C=O) groups is 1. The lowest BCUT2D eigenvalue weighted by Gasteiger charge is -2.25. The number of piperidine rings is 1. The highest BCUT2D eigenvalue weighted by molar-refractivity contribution is 7.87. The number of hydrogen-bond acceptors (Lipinski definition) is 5. The second-order valence-corrected chi connectivity index (χ2v) is 6.64. The Morgan fingerprint density at radius 1 is 1.38 bits per heavy atom. The Labute approximate surface area is 125 Å². The Morgan fingerprint density at radius 3 is 2.67 bits per heavy atom. The summed E-state index contributed by atoms with van der Waals surface area (Å²) in [5, 5.41) is 3.25. The summed E-state index contributed by atoms with van der Waals surface area (Å²) in [6.07, 6.45) is 2.57. The predicted octanol–water partition coefficient (Wildman–Crippen LogP) is 1.88. The van der Waals surface area contributed by atoms with E-state index in [1.54, 1.807) is 6.07 Å². The molecule has 2 rings (SSSR count). The zero-order valence-electron chi connectivity index (χ0n) is 12.0. The van der Waals surface area contributed by atoms with E-state index in [1.807, 2.05) is 13.0 Å². The number of carbonyl (C=O) groups excluding carboxylic acids is 1. The summed E-state index contributed by atoms with van der Waals surface area (Å²) in [6, 6.07) is 5.09. The number of hydrogen-bond donors (Lipinski definition) is 1. The molecule has 1 heterocycles. The van der Waals surface area contributed by atoms with Gasteiger partial charge in [0, 0.05) is 6.08 Å². The van der Waals surface area contributed by atoms with Crippen LogP contribution in [0.1, 0.15) is 29.9 Å². The lowest BCUT2D eigenvalue weighted by atomic mass is 9.89. The summed E-state index contributed by atoms with van der Waals surface area (Å²) >= 11 is 0. The zero-order chi connectivity index (χ0) is 15.5. The summed E-state index contributed by atoms with van der Waals surface area (Å²) in [7, 11) is -4.11. The van der Waals surface area contributed by atoms with E-state index in [4.69, 9.17) is 0 Å². The van der Waals surface area contributed by atoms with Crippen molar-refractivity contribution in [2.45, 2.75) is 30.6 Å². The second kappa shape index (κ2) is 6.41. The molecule has 0 aromatic heterocycles. The number of nitrogens with one attached hydrogen (secondary N) is 1. The Hall–Kier alpha value is -1.66. The third-order valence-corrected chi connectivity index (χ3v) is 4.87. The first kappa shape index (κ1) is 15.7. The van der Waals surface area contributed by atoms with Crippen LogP contribution in [0, 0.1) is 6.92 Å². The second-order valence-electron chi connectivity index (χ2n) is 5.13. The van der Waals surface area contributed by atoms with Gasteiger partial charge in [0.1, 0.15) is 4.90 Å². The maximum Gasteiger partial charge on any atom is 0.346 e. The van der Waals surface area contributed by atoms with Crippen LogP contribution in [0.25, 0.3) is 0 Å². The topological polar surface area (TPSA) is 72.5 Å². The standard InChI is InChI=1S/C15H19NO4S/c1-3-15(17)20-21(18,19)14-5-4-11(2)10-13(14)12-6-8-16-9-7-12/h3-5,10,12,16H,1,6-9H2,2H3. The Morgan fingerprint density at radius 2 is 2.05 bits per heavy atom. The minimum Gasteiger partial charge on any atom is -0.338 e. The van der Waals surface area contributed by atoms with Crippen molar-refractivity contribution in [3.63, 3.8) is 0 Å². The highest BCUT2D eigenvalue weighted by Crippen LogP contribution is 2.32. The van der Waals surface area contributed by atoms with Gasteiger partial charge in [-0.2, -0.15) is 8.42 Å². The van der Waals surface area contributed by atoms with E-state index in [-0.39, 0.29) is 10.8 Å². The average Bonchev–Trinajstić information content (AvgIpc) is 2.47. The van der Waals surface area contributed by atoms with Gasteiger partial charge in [0.2, 0.25) is 0 Å². The van der Waals surface area contributed by atoms with Crippen molar-refractivity contribution in [1.29, 1.82) is 0 Å². The molecule has 1 saturated heterocycles. The molecule has 21 heavy (non-hydrogen) atoms. The van der Waals surface area contributed by atoms with Crippen LogP contribution in [-0.4, -0.2) is 27.5 Å². The van der Waals surface area contributed by atoms with E-state index < -0.39 is 16.1 Å². The summed E-state index contributed by atoms with van der Waals surface area (Å²) < 4.78 is 29.1. The maximum absolute atomic E-state index is 12.3. The SMILES string of the molecule is C=CC(=O)OS(=O)(=O)c1ccc(C)cc1C1CCNCC1. The summed E-state index contributed by atoms with van der Waals surface area (Å²) in [6.45, 7) is 6.83. The molecule has 0 bridgehead atoms. The van der Waals surface area contributed by atoms with E-state index in [0.29, 0.717) is 0 Å². The minimum absolute atomic E-state index is 0.0789. The van der Waals surface area contributed by atoms with Gasteiger partial charge >= 0.3 is 16.1 Å². The van der Waals surface area contributed by atoms with Gasteiger partial charge in [-0.05, 0) is 50.4 Å². The third kappa shape index (κ3) is 3.71. The molecular formula is C15H19NO4S. The Balaban J connectivity index is 2.43. The molecule has 5 nitrogen and oxygen atoms in total. The van der Waals surface area contributed by atoms with Crippen molar-refractivity contribution in [3.05, 3.63) is 42.0 Å². The van der Waals surface area contributed by atoms with Crippen molar-refractivity contribution in [2.24, 2.45) is 0 Å². The monoisotopic (exact) mass is 309 g/mol. The van der Waals surface area contributed by atoms with Gasteiger partial charge in [0.05, 0.1) is 0 Å². The molecule has 0 unspecified atom stereocenters. The first-order valence-electron chi connectivity index (χ1n) is 6.86. The van der Waals surface area contributed by atoms with E-state index in [2.05, 4.69) is 16.1 Å². The number of benzene rings is 1. The molecule has 0 radical (unpaired) electrons. The molecular weight excluding hydrogens is 290 g/mol. The minimum atomic E-state index is -4.11. The lowest BCUT2D eigenvalue weighted by molar-refractivity contribution is -0.128. The molecule has 0 saturated carbocycles. The molecule has 1 aromatic rings. The zero-order valence-corrected chi connectivity index (χ0v) is 12.8. The third-order valence-electron chi connectivity index (χ3n) is 3.57. The van der Waals surface area contributed by atoms with E-state index in [1.165, 1.54) is 6.07 Å². The van der Waals surface area contributed by atoms with Gasteiger partial charge in [-0.3, -0.25) is 0 Å². The lowest BCUT2D eigenvalue weighted by Crippen LogP contribution is -2.27. The van der Waals surface area contributed by atoms with Crippen molar-refractivity contribution in [1.82, 2.24) is 5.32 Å². The number of aryl methyl sites for hydroxylation is 1. The summed E-state index contributed by atoms with van der Waals surface area (Å²) in [4.78, 5) is 11.3. The Kier molecular flexibility index (Phi) is 4.80. The predicted molar refractivity (Wildman–Crippen MR) is 79.5 cm³/mol. The highest BCUT2D eigenvalue weighted by Gasteiger charge is 2.27. The van der Waals surface area contributed by atoms with Crippen LogP contribution < -0.4 is 5.32 Å². The first-order chi connectivity index (χ1) is 9.94. The molecule has 1 aliphatic heterocycles. The molecule has 114 valence electrons. The van der Waals surface area contributed by atoms with Gasteiger partial charge < -0.3 is 9.50 Å². The normalized spacial score (nSPS) is 16.4.